The van der Waals surface area contributed by atoms with Crippen LogP contribution in [0.2, 0.25) is 0 Å². The molecule has 3 rings (SSSR count). The molecule has 0 atom stereocenters. The van der Waals surface area contributed by atoms with Crippen LogP contribution in [0.3, 0.4) is 0 Å². The van der Waals surface area contributed by atoms with E-state index in [1.165, 1.54) is 0 Å². The Morgan fingerprint density at radius 3 is 1.93 bits per heavy atom. The van der Waals surface area contributed by atoms with E-state index in [4.69, 9.17) is 0 Å². The highest BCUT2D eigenvalue weighted by molar-refractivity contribution is 5.94. The maximum absolute atomic E-state index is 12.6. The summed E-state index contributed by atoms with van der Waals surface area (Å²) in [4.78, 5) is 37.6. The molecule has 0 bridgehead atoms. The molecule has 0 unspecified atom stereocenters. The molecule has 8 heteroatoms. The van der Waals surface area contributed by atoms with E-state index in [0.29, 0.717) is 11.4 Å². The van der Waals surface area contributed by atoms with Gasteiger partial charge in [-0.05, 0) is 25.2 Å². The van der Waals surface area contributed by atoms with Crippen LogP contribution in [0.1, 0.15) is 24.2 Å². The van der Waals surface area contributed by atoms with Gasteiger partial charge < -0.3 is 19.6 Å². The van der Waals surface area contributed by atoms with Crippen LogP contribution in [-0.2, 0) is 0 Å². The fourth-order valence-corrected chi connectivity index (χ4v) is 3.50. The molecule has 27 heavy (non-hydrogen) atoms. The maximum Gasteiger partial charge on any atom is 0.323 e. The summed E-state index contributed by atoms with van der Waals surface area (Å²) in [6.07, 6.45) is 1.55. The summed E-state index contributed by atoms with van der Waals surface area (Å²) in [5, 5.41) is 2.83. The van der Waals surface area contributed by atoms with Gasteiger partial charge in [0.05, 0.1) is 5.56 Å². The molecule has 3 amide bonds. The van der Waals surface area contributed by atoms with E-state index in [0.717, 1.165) is 65.4 Å². The van der Waals surface area contributed by atoms with Crippen LogP contribution in [0.5, 0.6) is 0 Å². The lowest BCUT2D eigenvalue weighted by Crippen LogP contribution is -2.49. The van der Waals surface area contributed by atoms with E-state index in [-0.39, 0.29) is 11.9 Å². The van der Waals surface area contributed by atoms with Crippen molar-refractivity contribution in [2.24, 2.45) is 0 Å². The third-order valence-corrected chi connectivity index (χ3v) is 5.46. The van der Waals surface area contributed by atoms with Crippen LogP contribution >= 0.6 is 0 Å². The van der Waals surface area contributed by atoms with Crippen molar-refractivity contribution >= 4 is 17.8 Å². The van der Waals surface area contributed by atoms with Crippen molar-refractivity contribution in [2.45, 2.75) is 13.8 Å². The second kappa shape index (κ2) is 9.14. The van der Waals surface area contributed by atoms with Gasteiger partial charge in [0.25, 0.3) is 5.91 Å². The van der Waals surface area contributed by atoms with Gasteiger partial charge >= 0.3 is 6.03 Å². The Labute approximate surface area is 161 Å². The molecule has 0 aliphatic carbocycles. The van der Waals surface area contributed by atoms with Gasteiger partial charge in [0, 0.05) is 58.6 Å². The summed E-state index contributed by atoms with van der Waals surface area (Å²) in [7, 11) is 0. The van der Waals surface area contributed by atoms with Gasteiger partial charge in [0.2, 0.25) is 0 Å². The van der Waals surface area contributed by atoms with Gasteiger partial charge in [-0.2, -0.15) is 0 Å². The minimum Gasteiger partial charge on any atom is -0.336 e. The molecular formula is C19H30N6O2. The lowest BCUT2D eigenvalue weighted by atomic mass is 10.2. The van der Waals surface area contributed by atoms with E-state index in [9.17, 15) is 9.59 Å². The number of aromatic nitrogens is 1. The number of pyridine rings is 1. The molecule has 2 aliphatic rings. The van der Waals surface area contributed by atoms with Gasteiger partial charge in [-0.3, -0.25) is 10.1 Å². The van der Waals surface area contributed by atoms with Crippen LogP contribution in [0.15, 0.2) is 18.3 Å². The molecule has 1 aromatic rings. The van der Waals surface area contributed by atoms with Gasteiger partial charge in [0.15, 0.2) is 0 Å². The van der Waals surface area contributed by atoms with E-state index in [2.05, 4.69) is 33.9 Å². The third kappa shape index (κ3) is 4.95. The first kappa shape index (κ1) is 19.6. The number of piperazine rings is 2. The number of likely N-dealkylation sites (N-methyl/N-ethyl adjacent to an activating group) is 2. The molecule has 3 heterocycles. The Kier molecular flexibility index (Phi) is 6.63. The predicted molar refractivity (Wildman–Crippen MR) is 105 cm³/mol. The Hall–Kier alpha value is -2.19. The van der Waals surface area contributed by atoms with Crippen molar-refractivity contribution < 1.29 is 9.59 Å². The number of anilines is 1. The molecule has 2 fully saturated rings. The van der Waals surface area contributed by atoms with Crippen LogP contribution in [0.25, 0.3) is 0 Å². The monoisotopic (exact) mass is 374 g/mol. The summed E-state index contributed by atoms with van der Waals surface area (Å²) in [5.74, 6) is 0.483. The Morgan fingerprint density at radius 1 is 0.889 bits per heavy atom. The minimum absolute atomic E-state index is 0.00631. The summed E-state index contributed by atoms with van der Waals surface area (Å²) < 4.78 is 0. The lowest BCUT2D eigenvalue weighted by Gasteiger charge is -2.34. The van der Waals surface area contributed by atoms with E-state index < -0.39 is 0 Å². The fraction of sp³-hybridized carbons (Fsp3) is 0.632. The summed E-state index contributed by atoms with van der Waals surface area (Å²) in [6.45, 7) is 12.9. The average molecular weight is 374 g/mol. The molecule has 0 aromatic carbocycles. The quantitative estimate of drug-likeness (QED) is 0.852. The maximum atomic E-state index is 12.6. The van der Waals surface area contributed by atoms with Gasteiger partial charge in [-0.15, -0.1) is 0 Å². The molecule has 2 saturated heterocycles. The van der Waals surface area contributed by atoms with Crippen LogP contribution in [-0.4, -0.2) is 102 Å². The molecule has 0 saturated carbocycles. The number of hydrogen-bond acceptors (Lipinski definition) is 5. The zero-order valence-corrected chi connectivity index (χ0v) is 16.4. The number of nitrogens with one attached hydrogen (secondary N) is 1. The molecule has 8 nitrogen and oxygen atoms in total. The van der Waals surface area contributed by atoms with Crippen molar-refractivity contribution in [1.29, 1.82) is 0 Å². The topological polar surface area (TPSA) is 72.0 Å². The lowest BCUT2D eigenvalue weighted by molar-refractivity contribution is 0.0643. The number of amides is 3. The number of carbonyl (C=O) groups excluding carboxylic acids is 2. The van der Waals surface area contributed by atoms with Gasteiger partial charge in [0.1, 0.15) is 5.82 Å². The zero-order chi connectivity index (χ0) is 19.2. The minimum atomic E-state index is -0.131. The van der Waals surface area contributed by atoms with Crippen LogP contribution in [0, 0.1) is 0 Å². The molecule has 148 valence electrons. The van der Waals surface area contributed by atoms with E-state index >= 15 is 0 Å². The van der Waals surface area contributed by atoms with E-state index in [1.807, 2.05) is 4.90 Å². The van der Waals surface area contributed by atoms with Gasteiger partial charge in [-0.1, -0.05) is 13.8 Å². The highest BCUT2D eigenvalue weighted by Crippen LogP contribution is 2.12. The zero-order valence-electron chi connectivity index (χ0n) is 16.4. The fourth-order valence-electron chi connectivity index (χ4n) is 3.50. The first-order chi connectivity index (χ1) is 13.1. The van der Waals surface area contributed by atoms with Crippen molar-refractivity contribution in [3.63, 3.8) is 0 Å². The Bertz CT molecular complexity index is 634. The second-order valence-electron chi connectivity index (χ2n) is 7.01. The SMILES string of the molecule is CCN1CCN(C(=O)Nc2ccc(C(=O)N3CCN(CC)CC3)cn2)CC1. The van der Waals surface area contributed by atoms with Gasteiger partial charge in [-0.25, -0.2) is 9.78 Å². The van der Waals surface area contributed by atoms with E-state index in [1.54, 1.807) is 23.2 Å². The first-order valence-corrected chi connectivity index (χ1v) is 9.86. The first-order valence-electron chi connectivity index (χ1n) is 9.86. The smallest absolute Gasteiger partial charge is 0.323 e. The number of carbonyl (C=O) groups is 2. The van der Waals surface area contributed by atoms with Crippen LogP contribution in [0.4, 0.5) is 10.6 Å². The molecule has 2 aliphatic heterocycles. The van der Waals surface area contributed by atoms with Crippen molar-refractivity contribution in [2.75, 3.05) is 70.8 Å². The number of nitrogens with zero attached hydrogens (tertiary/aromatic N) is 5. The molecule has 1 aromatic heterocycles. The summed E-state index contributed by atoms with van der Waals surface area (Å²) in [5.41, 5.74) is 0.564. The molecular weight excluding hydrogens is 344 g/mol. The predicted octanol–water partition coefficient (Wildman–Crippen LogP) is 1.03. The van der Waals surface area contributed by atoms with Crippen molar-refractivity contribution in [3.8, 4) is 0 Å². The van der Waals surface area contributed by atoms with Crippen LogP contribution < -0.4 is 5.32 Å². The number of hydrogen-bond donors (Lipinski definition) is 1. The molecule has 1 N–H and O–H groups in total. The summed E-state index contributed by atoms with van der Waals surface area (Å²) in [6, 6.07) is 3.31. The average Bonchev–Trinajstić information content (AvgIpc) is 2.74. The molecule has 0 spiro atoms. The number of urea groups is 1. The third-order valence-electron chi connectivity index (χ3n) is 5.46. The summed E-state index contributed by atoms with van der Waals surface area (Å²) >= 11 is 0. The standard InChI is InChI=1S/C19H30N6O2/c1-3-22-7-11-24(12-8-22)18(26)16-5-6-17(20-15-16)21-19(27)25-13-9-23(4-2)10-14-25/h5-6,15H,3-4,7-14H2,1-2H3,(H,20,21,27). The van der Waals surface area contributed by atoms with Crippen molar-refractivity contribution in [1.82, 2.24) is 24.6 Å². The Morgan fingerprint density at radius 2 is 1.44 bits per heavy atom. The number of rotatable bonds is 4. The molecule has 0 radical (unpaired) electrons. The second-order valence-corrected chi connectivity index (χ2v) is 7.01. The highest BCUT2D eigenvalue weighted by atomic mass is 16.2. The van der Waals surface area contributed by atoms with Crippen molar-refractivity contribution in [3.05, 3.63) is 23.9 Å². The normalized spacial score (nSPS) is 19.2. The Balaban J connectivity index is 1.51. The highest BCUT2D eigenvalue weighted by Gasteiger charge is 2.22. The largest absolute Gasteiger partial charge is 0.336 e.